The quantitative estimate of drug-likeness (QED) is 0.342. The summed E-state index contributed by atoms with van der Waals surface area (Å²) in [6, 6.07) is 12.3. The second kappa shape index (κ2) is 11.5. The molecule has 0 spiro atoms. The number of carbonyl (C=O) groups excluding carboxylic acids is 1. The van der Waals surface area contributed by atoms with Gasteiger partial charge in [-0.05, 0) is 42.3 Å². The fraction of sp³-hybridized carbons (Fsp3) is 0.360. The number of benzene rings is 2. The van der Waals surface area contributed by atoms with Gasteiger partial charge in [0.2, 0.25) is 0 Å². The van der Waals surface area contributed by atoms with Crippen molar-refractivity contribution in [2.75, 3.05) is 36.7 Å². The Balaban J connectivity index is 1.69. The number of rotatable bonds is 11. The fourth-order valence-electron chi connectivity index (χ4n) is 3.65. The number of anilines is 1. The smallest absolute Gasteiger partial charge is 0.254 e. The Bertz CT molecular complexity index is 1240. The predicted molar refractivity (Wildman–Crippen MR) is 142 cm³/mol. The molecule has 0 aliphatic carbocycles. The average Bonchev–Trinajstić information content (AvgIpc) is 3.11. The van der Waals surface area contributed by atoms with Gasteiger partial charge in [0.25, 0.3) is 5.91 Å². The molecular formula is C25H28ClNO6S2. The van der Waals surface area contributed by atoms with E-state index >= 15 is 0 Å². The maximum atomic E-state index is 13.0. The Kier molecular flexibility index (Phi) is 8.93. The maximum absolute atomic E-state index is 13.0. The van der Waals surface area contributed by atoms with Crippen LogP contribution in [0.5, 0.6) is 11.5 Å². The van der Waals surface area contributed by atoms with Gasteiger partial charge >= 0.3 is 0 Å². The first-order valence-corrected chi connectivity index (χ1v) is 13.6. The van der Waals surface area contributed by atoms with Crippen molar-refractivity contribution >= 4 is 50.1 Å². The van der Waals surface area contributed by atoms with E-state index in [4.69, 9.17) is 33.3 Å². The van der Waals surface area contributed by atoms with Crippen LogP contribution < -0.4 is 14.4 Å². The molecule has 1 atom stereocenters. The Hall–Kier alpha value is -2.46. The number of aliphatic hydroxyl groups excluding tert-OH is 1. The van der Waals surface area contributed by atoms with Crippen LogP contribution in [0.4, 0.5) is 5.69 Å². The van der Waals surface area contributed by atoms with E-state index in [9.17, 15) is 18.3 Å². The fourth-order valence-corrected chi connectivity index (χ4v) is 5.01. The summed E-state index contributed by atoms with van der Waals surface area (Å²) in [5.41, 5.74) is 3.11. The number of hydrogen-bond donors (Lipinski definition) is 1. The highest BCUT2D eigenvalue weighted by molar-refractivity contribution is 7.91. The molecule has 1 unspecified atom stereocenters. The minimum absolute atomic E-state index is 0.0498. The molecular weight excluding hydrogens is 510 g/mol. The zero-order valence-corrected chi connectivity index (χ0v) is 22.2. The minimum Gasteiger partial charge on any atom is -0.493 e. The number of amides is 1. The standard InChI is InChI=1S/C25H28ClNO6S2/c1-4-35(30,31)15-21(28)14-33-22-10-9-20(12-23(22)32-3)27-13-18(16(2)25(27)29)11-24(34)17-5-7-19(26)8-6-17/h5-10,12,21,28H,4,11,13-15H2,1-3H3. The number of halogens is 1. The predicted octanol–water partition coefficient (Wildman–Crippen LogP) is 3.99. The van der Waals surface area contributed by atoms with Crippen LogP contribution in [0.1, 0.15) is 25.8 Å². The van der Waals surface area contributed by atoms with E-state index < -0.39 is 15.9 Å². The molecule has 0 aromatic heterocycles. The van der Waals surface area contributed by atoms with E-state index in [2.05, 4.69) is 0 Å². The minimum atomic E-state index is -3.33. The normalized spacial score (nSPS) is 14.9. The third-order valence-electron chi connectivity index (χ3n) is 5.76. The maximum Gasteiger partial charge on any atom is 0.254 e. The van der Waals surface area contributed by atoms with Crippen molar-refractivity contribution in [3.05, 3.63) is 64.2 Å². The second-order valence-corrected chi connectivity index (χ2v) is 11.6. The van der Waals surface area contributed by atoms with Crippen molar-refractivity contribution < 1.29 is 27.8 Å². The Labute approximate surface area is 216 Å². The first-order chi connectivity index (χ1) is 16.5. The number of thiocarbonyl (C=S) groups is 1. The van der Waals surface area contributed by atoms with Gasteiger partial charge in [-0.3, -0.25) is 4.79 Å². The van der Waals surface area contributed by atoms with E-state index in [1.54, 1.807) is 42.2 Å². The van der Waals surface area contributed by atoms with E-state index in [0.717, 1.165) is 16.0 Å². The summed E-state index contributed by atoms with van der Waals surface area (Å²) in [7, 11) is -1.86. The largest absolute Gasteiger partial charge is 0.493 e. The lowest BCUT2D eigenvalue weighted by atomic mass is 10.0. The van der Waals surface area contributed by atoms with Gasteiger partial charge in [-0.25, -0.2) is 8.42 Å². The van der Waals surface area contributed by atoms with Gasteiger partial charge in [-0.1, -0.05) is 42.9 Å². The lowest BCUT2D eigenvalue weighted by Crippen LogP contribution is -2.28. The van der Waals surface area contributed by atoms with Crippen molar-refractivity contribution in [2.24, 2.45) is 0 Å². The van der Waals surface area contributed by atoms with Gasteiger partial charge in [0, 0.05) is 45.9 Å². The lowest BCUT2D eigenvalue weighted by molar-refractivity contribution is -0.114. The molecule has 1 N–H and O–H groups in total. The number of carbonyl (C=O) groups is 1. The van der Waals surface area contributed by atoms with Crippen LogP contribution in [-0.2, 0) is 14.6 Å². The van der Waals surface area contributed by atoms with Gasteiger partial charge in [-0.2, -0.15) is 0 Å². The van der Waals surface area contributed by atoms with Crippen LogP contribution in [-0.4, -0.2) is 62.2 Å². The molecule has 2 aromatic carbocycles. The van der Waals surface area contributed by atoms with Crippen molar-refractivity contribution in [2.45, 2.75) is 26.4 Å². The van der Waals surface area contributed by atoms with E-state index in [1.807, 2.05) is 12.1 Å². The topological polar surface area (TPSA) is 93.1 Å². The summed E-state index contributed by atoms with van der Waals surface area (Å²) in [4.78, 5) is 15.4. The summed E-state index contributed by atoms with van der Waals surface area (Å²) in [6.45, 7) is 3.51. The number of nitrogens with zero attached hydrogens (tertiary/aromatic N) is 1. The number of hydrogen-bond acceptors (Lipinski definition) is 7. The van der Waals surface area contributed by atoms with Crippen molar-refractivity contribution in [3.8, 4) is 11.5 Å². The average molecular weight is 538 g/mol. The van der Waals surface area contributed by atoms with Gasteiger partial charge in [0.1, 0.15) is 12.7 Å². The molecule has 0 saturated heterocycles. The molecule has 0 saturated carbocycles. The molecule has 3 rings (SSSR count). The van der Waals surface area contributed by atoms with E-state index in [0.29, 0.717) is 40.7 Å². The highest BCUT2D eigenvalue weighted by atomic mass is 35.5. The molecule has 188 valence electrons. The second-order valence-electron chi connectivity index (χ2n) is 8.23. The number of aliphatic hydroxyl groups is 1. The third-order valence-corrected chi connectivity index (χ3v) is 8.17. The van der Waals surface area contributed by atoms with Crippen molar-refractivity contribution in [1.82, 2.24) is 0 Å². The summed E-state index contributed by atoms with van der Waals surface area (Å²) < 4.78 is 34.4. The first-order valence-electron chi connectivity index (χ1n) is 11.0. The zero-order valence-electron chi connectivity index (χ0n) is 19.8. The summed E-state index contributed by atoms with van der Waals surface area (Å²) in [5, 5.41) is 10.6. The zero-order chi connectivity index (χ0) is 25.8. The monoisotopic (exact) mass is 537 g/mol. The van der Waals surface area contributed by atoms with Gasteiger partial charge in [-0.15, -0.1) is 0 Å². The van der Waals surface area contributed by atoms with E-state index in [1.165, 1.54) is 14.0 Å². The number of ether oxygens (including phenoxy) is 2. The van der Waals surface area contributed by atoms with Crippen LogP contribution >= 0.6 is 23.8 Å². The highest BCUT2D eigenvalue weighted by Crippen LogP contribution is 2.35. The Morgan fingerprint density at radius 3 is 2.51 bits per heavy atom. The molecule has 0 radical (unpaired) electrons. The molecule has 10 heteroatoms. The molecule has 0 fully saturated rings. The molecule has 2 aromatic rings. The Morgan fingerprint density at radius 2 is 1.89 bits per heavy atom. The highest BCUT2D eigenvalue weighted by Gasteiger charge is 2.29. The van der Waals surface area contributed by atoms with Gasteiger partial charge in [0.15, 0.2) is 21.3 Å². The summed E-state index contributed by atoms with van der Waals surface area (Å²) in [6.07, 6.45) is -0.676. The molecule has 35 heavy (non-hydrogen) atoms. The third kappa shape index (κ3) is 6.82. The van der Waals surface area contributed by atoms with Crippen molar-refractivity contribution in [3.63, 3.8) is 0 Å². The van der Waals surface area contributed by atoms with Crippen LogP contribution in [0.2, 0.25) is 5.02 Å². The summed E-state index contributed by atoms with van der Waals surface area (Å²) in [5.74, 6) is 0.159. The molecule has 1 aliphatic heterocycles. The molecule has 7 nitrogen and oxygen atoms in total. The molecule has 1 heterocycles. The van der Waals surface area contributed by atoms with Crippen LogP contribution in [0, 0.1) is 0 Å². The van der Waals surface area contributed by atoms with Gasteiger partial charge < -0.3 is 19.5 Å². The molecule has 1 amide bonds. The van der Waals surface area contributed by atoms with E-state index in [-0.39, 0.29) is 24.0 Å². The Morgan fingerprint density at radius 1 is 1.20 bits per heavy atom. The lowest BCUT2D eigenvalue weighted by Gasteiger charge is -2.20. The molecule has 1 aliphatic rings. The van der Waals surface area contributed by atoms with Crippen LogP contribution in [0.3, 0.4) is 0 Å². The number of sulfone groups is 1. The first kappa shape index (κ1) is 27.1. The van der Waals surface area contributed by atoms with Crippen LogP contribution in [0.15, 0.2) is 53.6 Å². The van der Waals surface area contributed by atoms with Crippen molar-refractivity contribution in [1.29, 1.82) is 0 Å². The number of methoxy groups -OCH3 is 1. The SMILES string of the molecule is CCS(=O)(=O)CC(O)COc1ccc(N2CC(CC(=S)c3ccc(Cl)cc3)=C(C)C2=O)cc1OC. The van der Waals surface area contributed by atoms with Gasteiger partial charge in [0.05, 0.1) is 12.9 Å². The molecule has 0 bridgehead atoms. The summed E-state index contributed by atoms with van der Waals surface area (Å²) >= 11 is 11.6. The van der Waals surface area contributed by atoms with Crippen LogP contribution in [0.25, 0.3) is 0 Å².